The van der Waals surface area contributed by atoms with Gasteiger partial charge in [0.05, 0.1) is 25.8 Å². The molecule has 1 aromatic heterocycles. The molecule has 9 nitrogen and oxygen atoms in total. The largest absolute Gasteiger partial charge is 0.496 e. The third kappa shape index (κ3) is 4.72. The molecule has 0 radical (unpaired) electrons. The van der Waals surface area contributed by atoms with E-state index in [1.54, 1.807) is 48.7 Å². The maximum Gasteiger partial charge on any atom is 0.240 e. The quantitative estimate of drug-likeness (QED) is 0.275. The molecule has 0 unspecified atom stereocenters. The Morgan fingerprint density at radius 3 is 2.10 bits per heavy atom. The standard InChI is InChI=1S/C30H26FN3O6/c1-38-26-15-24-22(14-23(26)30(37)16-39-17-30)25(10-13-32-24)40-21-8-6-20(7-9-21)34-28(36)29(11-12-29)27(35)33-19-4-2-18(31)3-5-19/h2-10,13-15,37H,11-12,16-17H2,1H3,(H,33,35)(H,34,36). The molecule has 1 saturated heterocycles. The van der Waals surface area contributed by atoms with Gasteiger partial charge in [-0.25, -0.2) is 4.39 Å². The Balaban J connectivity index is 1.16. The van der Waals surface area contributed by atoms with Crippen LogP contribution in [0.2, 0.25) is 0 Å². The van der Waals surface area contributed by atoms with Gasteiger partial charge in [0, 0.05) is 34.6 Å². The van der Waals surface area contributed by atoms with Crippen molar-refractivity contribution in [3.05, 3.63) is 84.3 Å². The summed E-state index contributed by atoms with van der Waals surface area (Å²) in [6.07, 6.45) is 2.48. The third-order valence-electron chi connectivity index (χ3n) is 7.27. The Kier molecular flexibility index (Phi) is 6.36. The Labute approximate surface area is 228 Å². The molecule has 2 heterocycles. The van der Waals surface area contributed by atoms with E-state index in [9.17, 15) is 19.1 Å². The molecular weight excluding hydrogens is 517 g/mol. The zero-order valence-electron chi connectivity index (χ0n) is 21.6. The summed E-state index contributed by atoms with van der Waals surface area (Å²) in [6, 6.07) is 17.5. The van der Waals surface area contributed by atoms with Gasteiger partial charge >= 0.3 is 0 Å². The first-order chi connectivity index (χ1) is 19.3. The van der Waals surface area contributed by atoms with Crippen LogP contribution in [0.5, 0.6) is 17.2 Å². The van der Waals surface area contributed by atoms with Crippen molar-refractivity contribution in [3.63, 3.8) is 0 Å². The summed E-state index contributed by atoms with van der Waals surface area (Å²) < 4.78 is 30.0. The minimum absolute atomic E-state index is 0.174. The summed E-state index contributed by atoms with van der Waals surface area (Å²) in [4.78, 5) is 30.2. The van der Waals surface area contributed by atoms with E-state index in [1.165, 1.54) is 31.4 Å². The summed E-state index contributed by atoms with van der Waals surface area (Å²) in [6.45, 7) is 0.349. The van der Waals surface area contributed by atoms with Crippen molar-refractivity contribution in [3.8, 4) is 17.2 Å². The van der Waals surface area contributed by atoms with Gasteiger partial charge in [-0.1, -0.05) is 0 Å². The van der Waals surface area contributed by atoms with Crippen molar-refractivity contribution in [2.75, 3.05) is 31.0 Å². The number of carbonyl (C=O) groups excluding carboxylic acids is 2. The summed E-state index contributed by atoms with van der Waals surface area (Å²) in [5.74, 6) is 0.333. The lowest BCUT2D eigenvalue weighted by Crippen LogP contribution is -2.46. The van der Waals surface area contributed by atoms with Gasteiger partial charge < -0.3 is 30.0 Å². The van der Waals surface area contributed by atoms with E-state index in [4.69, 9.17) is 14.2 Å². The molecule has 10 heteroatoms. The van der Waals surface area contributed by atoms with Crippen molar-refractivity contribution >= 4 is 34.1 Å². The minimum Gasteiger partial charge on any atom is -0.496 e. The number of benzene rings is 3. The van der Waals surface area contributed by atoms with E-state index < -0.39 is 28.6 Å². The Morgan fingerprint density at radius 1 is 0.925 bits per heavy atom. The zero-order valence-corrected chi connectivity index (χ0v) is 21.6. The first-order valence-corrected chi connectivity index (χ1v) is 12.7. The average Bonchev–Trinajstić information content (AvgIpc) is 3.76. The molecule has 2 aliphatic rings. The lowest BCUT2D eigenvalue weighted by atomic mass is 9.90. The van der Waals surface area contributed by atoms with Gasteiger partial charge in [0.1, 0.15) is 34.1 Å². The van der Waals surface area contributed by atoms with Gasteiger partial charge in [0.2, 0.25) is 11.8 Å². The molecule has 3 aromatic carbocycles. The Bertz CT molecular complexity index is 1600. The Hall–Kier alpha value is -4.54. The van der Waals surface area contributed by atoms with Crippen molar-refractivity contribution < 1.29 is 33.3 Å². The van der Waals surface area contributed by atoms with Crippen LogP contribution in [0.1, 0.15) is 18.4 Å². The fourth-order valence-corrected chi connectivity index (χ4v) is 4.67. The molecule has 40 heavy (non-hydrogen) atoms. The molecule has 2 amide bonds. The van der Waals surface area contributed by atoms with Crippen LogP contribution in [0.15, 0.2) is 72.9 Å². The number of amides is 2. The molecule has 0 bridgehead atoms. The second-order valence-corrected chi connectivity index (χ2v) is 10.0. The number of methoxy groups -OCH3 is 1. The number of nitrogens with zero attached hydrogens (tertiary/aromatic N) is 1. The molecular formula is C30H26FN3O6. The number of anilines is 2. The number of fused-ring (bicyclic) bond motifs is 1. The van der Waals surface area contributed by atoms with Crippen LogP contribution in [-0.4, -0.2) is 42.2 Å². The molecule has 4 aromatic rings. The summed E-state index contributed by atoms with van der Waals surface area (Å²) in [7, 11) is 1.54. The van der Waals surface area contributed by atoms with Gasteiger partial charge in [-0.05, 0) is 73.5 Å². The van der Waals surface area contributed by atoms with Crippen molar-refractivity contribution in [1.29, 1.82) is 0 Å². The van der Waals surface area contributed by atoms with Crippen molar-refractivity contribution in [2.24, 2.45) is 5.41 Å². The number of hydrogen-bond donors (Lipinski definition) is 3. The molecule has 2 fully saturated rings. The molecule has 1 aliphatic carbocycles. The van der Waals surface area contributed by atoms with Crippen LogP contribution in [0, 0.1) is 11.2 Å². The van der Waals surface area contributed by atoms with Gasteiger partial charge in [-0.2, -0.15) is 0 Å². The molecule has 0 atom stereocenters. The number of carbonyl (C=O) groups is 2. The van der Waals surface area contributed by atoms with Crippen LogP contribution in [0.4, 0.5) is 15.8 Å². The molecule has 0 spiro atoms. The van der Waals surface area contributed by atoms with Crippen LogP contribution in [0.3, 0.4) is 0 Å². The topological polar surface area (TPSA) is 119 Å². The van der Waals surface area contributed by atoms with Gasteiger partial charge in [-0.15, -0.1) is 0 Å². The van der Waals surface area contributed by atoms with E-state index in [0.717, 1.165) is 0 Å². The number of pyridine rings is 1. The van der Waals surface area contributed by atoms with Crippen LogP contribution in [-0.2, 0) is 19.9 Å². The predicted octanol–water partition coefficient (Wildman–Crippen LogP) is 4.75. The molecule has 204 valence electrons. The average molecular weight is 544 g/mol. The maximum atomic E-state index is 13.2. The van der Waals surface area contributed by atoms with E-state index in [1.807, 2.05) is 0 Å². The second-order valence-electron chi connectivity index (χ2n) is 10.0. The van der Waals surface area contributed by atoms with Crippen LogP contribution >= 0.6 is 0 Å². The monoisotopic (exact) mass is 543 g/mol. The van der Waals surface area contributed by atoms with E-state index in [-0.39, 0.29) is 13.2 Å². The highest BCUT2D eigenvalue weighted by atomic mass is 19.1. The number of halogens is 1. The highest BCUT2D eigenvalue weighted by Gasteiger charge is 2.56. The van der Waals surface area contributed by atoms with Crippen LogP contribution < -0.4 is 20.1 Å². The highest BCUT2D eigenvalue weighted by Crippen LogP contribution is 2.47. The first-order valence-electron chi connectivity index (χ1n) is 12.7. The van der Waals surface area contributed by atoms with Gasteiger partial charge in [0.15, 0.2) is 0 Å². The number of ether oxygens (including phenoxy) is 3. The fraction of sp³-hybridized carbons (Fsp3) is 0.233. The predicted molar refractivity (Wildman–Crippen MR) is 145 cm³/mol. The van der Waals surface area contributed by atoms with E-state index in [0.29, 0.717) is 57.9 Å². The normalized spacial score (nSPS) is 16.5. The maximum absolute atomic E-state index is 13.2. The number of nitrogens with one attached hydrogen (secondary N) is 2. The third-order valence-corrected chi connectivity index (χ3v) is 7.27. The van der Waals surface area contributed by atoms with E-state index >= 15 is 0 Å². The SMILES string of the molecule is COc1cc2nccc(Oc3ccc(NC(=O)C4(C(=O)Nc5ccc(F)cc5)CC4)cc3)c2cc1C1(O)COC1. The highest BCUT2D eigenvalue weighted by molar-refractivity contribution is 6.16. The second kappa shape index (κ2) is 9.89. The lowest BCUT2D eigenvalue weighted by Gasteiger charge is -2.37. The fourth-order valence-electron chi connectivity index (χ4n) is 4.67. The van der Waals surface area contributed by atoms with Crippen molar-refractivity contribution in [2.45, 2.75) is 18.4 Å². The summed E-state index contributed by atoms with van der Waals surface area (Å²) in [5.41, 5.74) is -0.121. The summed E-state index contributed by atoms with van der Waals surface area (Å²) >= 11 is 0. The minimum atomic E-state index is -1.16. The van der Waals surface area contributed by atoms with Crippen LogP contribution in [0.25, 0.3) is 10.9 Å². The lowest BCUT2D eigenvalue weighted by molar-refractivity contribution is -0.185. The summed E-state index contributed by atoms with van der Waals surface area (Å²) in [5, 5.41) is 17.1. The zero-order chi connectivity index (χ0) is 27.9. The Morgan fingerprint density at radius 2 is 1.55 bits per heavy atom. The van der Waals surface area contributed by atoms with Gasteiger partial charge in [-0.3, -0.25) is 14.6 Å². The number of aromatic nitrogens is 1. The van der Waals surface area contributed by atoms with E-state index in [2.05, 4.69) is 15.6 Å². The van der Waals surface area contributed by atoms with Crippen molar-refractivity contribution in [1.82, 2.24) is 4.98 Å². The first kappa shape index (κ1) is 25.7. The smallest absolute Gasteiger partial charge is 0.240 e. The molecule has 1 saturated carbocycles. The molecule has 1 aliphatic heterocycles. The number of hydrogen-bond acceptors (Lipinski definition) is 7. The number of rotatable bonds is 8. The molecule has 3 N–H and O–H groups in total. The van der Waals surface area contributed by atoms with Gasteiger partial charge in [0.25, 0.3) is 0 Å². The number of aliphatic hydroxyl groups is 1. The molecule has 6 rings (SSSR count).